The average Bonchev–Trinajstić information content (AvgIpc) is 4.09. The quantitative estimate of drug-likeness (QED) is 0.0641. The van der Waals surface area contributed by atoms with E-state index in [4.69, 9.17) is 0 Å². The van der Waals surface area contributed by atoms with Gasteiger partial charge in [0.15, 0.2) is 0 Å². The summed E-state index contributed by atoms with van der Waals surface area (Å²) in [7, 11) is -13.1. The maximum absolute atomic E-state index is 13.5. The average molecular weight is 1120 g/mol. The molecule has 0 atom stereocenters. The zero-order chi connectivity index (χ0) is 55.6. The number of carbonyl (C=O) groups is 5. The Morgan fingerprint density at radius 3 is 0.921 bits per heavy atom. The van der Waals surface area contributed by atoms with Crippen molar-refractivity contribution in [1.82, 2.24) is 18.3 Å². The predicted octanol–water partition coefficient (Wildman–Crippen LogP) is 4.99. The molecule has 8 rings (SSSR count). The first-order valence-corrected chi connectivity index (χ1v) is 27.1. The van der Waals surface area contributed by atoms with Crippen LogP contribution >= 0.6 is 0 Å². The Bertz CT molecular complexity index is 4020. The summed E-state index contributed by atoms with van der Waals surface area (Å²) in [5, 5.41) is 15.6. The van der Waals surface area contributed by atoms with E-state index in [9.17, 15) is 75.9 Å². The Labute approximate surface area is 430 Å². The van der Waals surface area contributed by atoms with Gasteiger partial charge in [-0.1, -0.05) is 12.1 Å². The molecule has 0 aliphatic heterocycles. The summed E-state index contributed by atoms with van der Waals surface area (Å²) in [6.45, 7) is 0. The monoisotopic (exact) mass is 1120 g/mol. The van der Waals surface area contributed by atoms with Gasteiger partial charge in [0.25, 0.3) is 64.1 Å². The summed E-state index contributed by atoms with van der Waals surface area (Å²) in [5.41, 5.74) is 0.0361. The summed E-state index contributed by atoms with van der Waals surface area (Å²) in [6, 6.07) is 14.7. The van der Waals surface area contributed by atoms with Crippen LogP contribution in [0.3, 0.4) is 0 Å². The van der Waals surface area contributed by atoms with E-state index in [2.05, 4.69) is 31.9 Å². The highest BCUT2D eigenvalue weighted by Gasteiger charge is 2.24. The molecule has 31 heteroatoms. The predicted molar refractivity (Wildman–Crippen MR) is 273 cm³/mol. The first kappa shape index (κ1) is 53.6. The van der Waals surface area contributed by atoms with Gasteiger partial charge in [0.2, 0.25) is 0 Å². The van der Waals surface area contributed by atoms with Gasteiger partial charge >= 0.3 is 6.03 Å². The molecule has 27 nitrogen and oxygen atoms in total. The Balaban J connectivity index is 0.900. The number of benzene rings is 4. The Morgan fingerprint density at radius 1 is 0.355 bits per heavy atom. The van der Waals surface area contributed by atoms with Crippen molar-refractivity contribution in [2.75, 3.05) is 31.9 Å². The molecule has 0 aliphatic rings. The van der Waals surface area contributed by atoms with E-state index in [1.165, 1.54) is 108 Å². The Morgan fingerprint density at radius 2 is 0.632 bits per heavy atom. The third-order valence-corrected chi connectivity index (χ3v) is 14.8. The second-order valence-corrected chi connectivity index (χ2v) is 22.6. The van der Waals surface area contributed by atoms with Crippen molar-refractivity contribution in [3.05, 3.63) is 132 Å². The van der Waals surface area contributed by atoms with Gasteiger partial charge in [-0.15, -0.1) is 0 Å². The summed E-state index contributed by atoms with van der Waals surface area (Å²) < 4.78 is 140. The number of aromatic nitrogens is 4. The summed E-state index contributed by atoms with van der Waals surface area (Å²) in [6.07, 6.45) is 5.61. The van der Waals surface area contributed by atoms with Crippen LogP contribution in [-0.4, -0.2) is 99.8 Å². The van der Waals surface area contributed by atoms with Crippen molar-refractivity contribution < 1.29 is 75.9 Å². The van der Waals surface area contributed by atoms with Crippen LogP contribution in [0, 0.1) is 0 Å². The molecule has 0 fully saturated rings. The first-order valence-electron chi connectivity index (χ1n) is 21.4. The molecule has 0 saturated heterocycles. The van der Waals surface area contributed by atoms with Gasteiger partial charge < -0.3 is 50.2 Å². The van der Waals surface area contributed by atoms with Crippen molar-refractivity contribution in [3.8, 4) is 0 Å². The van der Waals surface area contributed by atoms with Crippen molar-refractivity contribution >= 4 is 126 Å². The number of fused-ring (bicyclic) bond motifs is 2. The minimum Gasteiger partial charge on any atom is -0.344 e. The standard InChI is InChI=1S/C45H40N10O17S4/c1-52-19-25(11-39(52)43(58)50-35-17-31(75(67,68)69)9-23-5-7-29(15-33(23)35)73(61,62)63)46-41(56)37-13-27(21-54(37)3)48-45(60)49-28-14-38(55(4)22-28)42(57)47-26-12-40(53(2)20-26)44(59)51-36-18-32(76(70,71)72)10-24-6-8-30(16-34(24)36)74(64,65)66/h5-22H,1-4H3,(H,46,56)(H,47,57)(H,50,58)(H,51,59)(H2,48,49,60)(H,61,62,63)(H,64,65,66)(H,67,68,69)(H,70,71,72). The van der Waals surface area contributed by atoms with Crippen LogP contribution in [0.5, 0.6) is 0 Å². The summed E-state index contributed by atoms with van der Waals surface area (Å²) in [4.78, 5) is 64.7. The molecule has 4 aromatic heterocycles. The topological polar surface area (TPSA) is 395 Å². The van der Waals surface area contributed by atoms with Crippen LogP contribution in [0.1, 0.15) is 42.0 Å². The number of aryl methyl sites for hydroxylation is 4. The molecule has 4 aromatic carbocycles. The van der Waals surface area contributed by atoms with Crippen LogP contribution in [0.4, 0.5) is 38.9 Å². The molecular formula is C45H40N10O17S4. The van der Waals surface area contributed by atoms with Gasteiger partial charge in [-0.3, -0.25) is 37.4 Å². The van der Waals surface area contributed by atoms with Gasteiger partial charge in [-0.05, 0) is 83.6 Å². The zero-order valence-electron chi connectivity index (χ0n) is 39.4. The lowest BCUT2D eigenvalue weighted by Gasteiger charge is -2.12. The highest BCUT2D eigenvalue weighted by molar-refractivity contribution is 7.86. The molecule has 6 amide bonds. The molecule has 0 aliphatic carbocycles. The molecule has 0 unspecified atom stereocenters. The molecule has 0 bridgehead atoms. The minimum absolute atomic E-state index is 0.00000879. The molecule has 396 valence electrons. The van der Waals surface area contributed by atoms with E-state index in [1.807, 2.05) is 0 Å². The van der Waals surface area contributed by atoms with E-state index < -0.39 is 89.7 Å². The number of hydrogen-bond donors (Lipinski definition) is 10. The Kier molecular flexibility index (Phi) is 13.8. The maximum atomic E-state index is 13.5. The molecule has 4 heterocycles. The lowest BCUT2D eigenvalue weighted by atomic mass is 10.1. The third kappa shape index (κ3) is 11.5. The normalized spacial score (nSPS) is 12.1. The van der Waals surface area contributed by atoms with Crippen molar-refractivity contribution in [2.24, 2.45) is 28.2 Å². The van der Waals surface area contributed by atoms with Crippen molar-refractivity contribution in [3.63, 3.8) is 0 Å². The fourth-order valence-electron chi connectivity index (χ4n) is 7.94. The van der Waals surface area contributed by atoms with Gasteiger partial charge in [-0.25, -0.2) is 4.79 Å². The van der Waals surface area contributed by atoms with Crippen LogP contribution in [0.25, 0.3) is 21.5 Å². The molecule has 10 N–H and O–H groups in total. The molecule has 0 radical (unpaired) electrons. The molecular weight excluding hydrogens is 1080 g/mol. The molecule has 0 spiro atoms. The largest absolute Gasteiger partial charge is 0.344 e. The number of nitrogens with zero attached hydrogens (tertiary/aromatic N) is 4. The number of urea groups is 1. The number of carbonyl (C=O) groups excluding carboxylic acids is 5. The van der Waals surface area contributed by atoms with Gasteiger partial charge in [-0.2, -0.15) is 33.7 Å². The van der Waals surface area contributed by atoms with Crippen LogP contribution < -0.4 is 31.9 Å². The second-order valence-electron chi connectivity index (χ2n) is 16.9. The second kappa shape index (κ2) is 19.5. The lowest BCUT2D eigenvalue weighted by molar-refractivity contribution is 0.101. The van der Waals surface area contributed by atoms with E-state index in [-0.39, 0.29) is 78.4 Å². The van der Waals surface area contributed by atoms with E-state index >= 15 is 0 Å². The van der Waals surface area contributed by atoms with Crippen LogP contribution in [0.2, 0.25) is 0 Å². The maximum Gasteiger partial charge on any atom is 0.323 e. The van der Waals surface area contributed by atoms with Crippen LogP contribution in [-0.2, 0) is 68.7 Å². The number of rotatable bonds is 14. The van der Waals surface area contributed by atoms with Gasteiger partial charge in [0.1, 0.15) is 22.8 Å². The number of anilines is 6. The van der Waals surface area contributed by atoms with Gasteiger partial charge in [0, 0.05) is 63.8 Å². The van der Waals surface area contributed by atoms with E-state index in [0.717, 1.165) is 48.5 Å². The lowest BCUT2D eigenvalue weighted by Crippen LogP contribution is -2.18. The number of hydrogen-bond acceptors (Lipinski definition) is 13. The van der Waals surface area contributed by atoms with Crippen LogP contribution in [0.15, 0.2) is 129 Å². The first-order chi connectivity index (χ1) is 35.3. The fraction of sp³-hybridized carbons (Fsp3) is 0.0889. The number of amides is 6. The number of nitrogens with one attached hydrogen (secondary N) is 6. The highest BCUT2D eigenvalue weighted by Crippen LogP contribution is 2.33. The highest BCUT2D eigenvalue weighted by atomic mass is 32.2. The van der Waals surface area contributed by atoms with Gasteiger partial charge in [0.05, 0.1) is 53.7 Å². The Hall–Kier alpha value is -8.69. The van der Waals surface area contributed by atoms with E-state index in [0.29, 0.717) is 0 Å². The third-order valence-electron chi connectivity index (χ3n) is 11.5. The smallest absolute Gasteiger partial charge is 0.323 e. The summed E-state index contributed by atoms with van der Waals surface area (Å²) >= 11 is 0. The van der Waals surface area contributed by atoms with Crippen molar-refractivity contribution in [1.29, 1.82) is 0 Å². The molecule has 76 heavy (non-hydrogen) atoms. The minimum atomic E-state index is -4.80. The molecule has 0 saturated carbocycles. The SMILES string of the molecule is Cn1cc(NC(=O)Nc2cc(C(=O)Nc3cc(C(=O)Nc4cc(S(=O)(=O)O)cc5ccc(S(=O)(=O)O)cc45)n(C)c3)n(C)c2)cc1C(=O)Nc1cc(C(=O)Nc2cc(S(=O)(=O)O)cc3ccc(S(=O)(=O)O)cc23)n(C)c1. The fourth-order valence-corrected chi connectivity index (χ4v) is 10.0. The molecule has 8 aromatic rings. The van der Waals surface area contributed by atoms with E-state index in [1.54, 1.807) is 0 Å². The zero-order valence-corrected chi connectivity index (χ0v) is 42.7. The summed E-state index contributed by atoms with van der Waals surface area (Å²) in [5.74, 6) is -3.06. The van der Waals surface area contributed by atoms with Crippen molar-refractivity contribution in [2.45, 2.75) is 19.6 Å².